The number of hydrogen-bond acceptors (Lipinski definition) is 1. The van der Waals surface area contributed by atoms with Gasteiger partial charge in [0.05, 0.1) is 6.04 Å². The Morgan fingerprint density at radius 3 is 2.37 bits per heavy atom. The molecular formula is C47H50N2. The average molecular weight is 643 g/mol. The molecule has 4 aliphatic rings. The lowest BCUT2D eigenvalue weighted by molar-refractivity contribution is 0.345. The van der Waals surface area contributed by atoms with Crippen molar-refractivity contribution < 1.29 is 0 Å². The van der Waals surface area contributed by atoms with Gasteiger partial charge in [-0.15, -0.1) is 0 Å². The van der Waals surface area contributed by atoms with Crippen LogP contribution in [0.4, 0.5) is 0 Å². The molecule has 0 radical (unpaired) electrons. The monoisotopic (exact) mass is 642 g/mol. The van der Waals surface area contributed by atoms with Crippen molar-refractivity contribution in [2.24, 2.45) is 9.98 Å². The van der Waals surface area contributed by atoms with Gasteiger partial charge >= 0.3 is 0 Å². The van der Waals surface area contributed by atoms with E-state index in [9.17, 15) is 0 Å². The summed E-state index contributed by atoms with van der Waals surface area (Å²) in [6.45, 7) is 4.37. The Balaban J connectivity index is 1.21. The molecule has 2 nitrogen and oxygen atoms in total. The summed E-state index contributed by atoms with van der Waals surface area (Å²) in [6, 6.07) is 24.6. The molecule has 1 unspecified atom stereocenters. The topological polar surface area (TPSA) is 24.7 Å². The van der Waals surface area contributed by atoms with Crippen LogP contribution in [-0.4, -0.2) is 17.6 Å². The SMILES string of the molecule is CC(=NC(=NC(C)C1=CC=C(C2(c3ccc(C4=CCCC=C4)cc3)CCCCC2)C=CC1)C1=CCCCC=C1)c1cccc2ccccc12. The van der Waals surface area contributed by atoms with Gasteiger partial charge in [-0.1, -0.05) is 147 Å². The van der Waals surface area contributed by atoms with Crippen LogP contribution >= 0.6 is 0 Å². The molecule has 248 valence electrons. The number of aliphatic imine (C=N–C) groups is 2. The molecule has 49 heavy (non-hydrogen) atoms. The molecule has 7 rings (SSSR count). The smallest absolute Gasteiger partial charge is 0.155 e. The first-order valence-corrected chi connectivity index (χ1v) is 18.6. The van der Waals surface area contributed by atoms with Crippen LogP contribution in [0.2, 0.25) is 0 Å². The lowest BCUT2D eigenvalue weighted by Crippen LogP contribution is -2.30. The van der Waals surface area contributed by atoms with E-state index in [0.29, 0.717) is 0 Å². The van der Waals surface area contributed by atoms with Gasteiger partial charge in [0.25, 0.3) is 0 Å². The summed E-state index contributed by atoms with van der Waals surface area (Å²) >= 11 is 0. The zero-order chi connectivity index (χ0) is 33.5. The van der Waals surface area contributed by atoms with E-state index >= 15 is 0 Å². The molecule has 3 aromatic rings. The van der Waals surface area contributed by atoms with Gasteiger partial charge in [0.2, 0.25) is 0 Å². The molecule has 3 aromatic carbocycles. The van der Waals surface area contributed by atoms with E-state index in [1.165, 1.54) is 76.3 Å². The van der Waals surface area contributed by atoms with Crippen molar-refractivity contribution in [1.29, 1.82) is 0 Å². The van der Waals surface area contributed by atoms with E-state index in [4.69, 9.17) is 9.98 Å². The van der Waals surface area contributed by atoms with Gasteiger partial charge in [-0.05, 0) is 104 Å². The number of benzene rings is 3. The van der Waals surface area contributed by atoms with Crippen molar-refractivity contribution in [2.75, 3.05) is 0 Å². The zero-order valence-electron chi connectivity index (χ0n) is 29.4. The first-order chi connectivity index (χ1) is 24.1. The summed E-state index contributed by atoms with van der Waals surface area (Å²) in [5.41, 5.74) is 10.3. The summed E-state index contributed by atoms with van der Waals surface area (Å²) < 4.78 is 0. The third kappa shape index (κ3) is 7.39. The minimum absolute atomic E-state index is 0.00952. The Morgan fingerprint density at radius 2 is 1.53 bits per heavy atom. The van der Waals surface area contributed by atoms with Gasteiger partial charge in [0.15, 0.2) is 5.84 Å². The van der Waals surface area contributed by atoms with Crippen molar-refractivity contribution >= 4 is 27.9 Å². The standard InChI is InChI=1S/C47H50N2/c1-35(48-46(41-20-7-3-4-8-21-41)49-36(2)44-26-16-23-40-19-11-12-25-45(40)44)37-22-15-24-42(30-27-37)47(33-13-6-14-34-47)43-31-28-39(29-32-43)38-17-9-5-10-18-38/h7,9,11-12,15-21,23-32,35H,3-6,8,10,13-14,22,33-34H2,1-2H3. The zero-order valence-corrected chi connectivity index (χ0v) is 29.4. The highest BCUT2D eigenvalue weighted by molar-refractivity contribution is 6.16. The van der Waals surface area contributed by atoms with E-state index in [1.807, 2.05) is 0 Å². The average Bonchev–Trinajstić information content (AvgIpc) is 3.60. The van der Waals surface area contributed by atoms with Crippen molar-refractivity contribution in [2.45, 2.75) is 95.9 Å². The number of rotatable bonds is 7. The van der Waals surface area contributed by atoms with Crippen LogP contribution in [-0.2, 0) is 5.41 Å². The minimum atomic E-state index is 0.00952. The molecule has 1 fully saturated rings. The molecule has 1 atom stereocenters. The van der Waals surface area contributed by atoms with Gasteiger partial charge in [0.1, 0.15) is 0 Å². The molecule has 0 bridgehead atoms. The second-order valence-corrected chi connectivity index (χ2v) is 14.2. The molecule has 0 saturated heterocycles. The maximum absolute atomic E-state index is 5.39. The van der Waals surface area contributed by atoms with Crippen LogP contribution in [0.5, 0.6) is 0 Å². The van der Waals surface area contributed by atoms with E-state index < -0.39 is 0 Å². The largest absolute Gasteiger partial charge is 0.259 e. The highest BCUT2D eigenvalue weighted by atomic mass is 14.9. The first kappa shape index (κ1) is 33.0. The van der Waals surface area contributed by atoms with Crippen molar-refractivity contribution in [1.82, 2.24) is 0 Å². The Morgan fingerprint density at radius 1 is 0.714 bits per heavy atom. The van der Waals surface area contributed by atoms with Crippen LogP contribution in [0.15, 0.2) is 154 Å². The van der Waals surface area contributed by atoms with Crippen LogP contribution in [0, 0.1) is 0 Å². The van der Waals surface area contributed by atoms with Crippen molar-refractivity contribution in [3.63, 3.8) is 0 Å². The molecule has 0 spiro atoms. The fourth-order valence-corrected chi connectivity index (χ4v) is 8.11. The predicted molar refractivity (Wildman–Crippen MR) is 212 cm³/mol. The Hall–Kier alpha value is -4.56. The Bertz CT molecular complexity index is 1940. The first-order valence-electron chi connectivity index (χ1n) is 18.6. The molecule has 4 aliphatic carbocycles. The Kier molecular flexibility index (Phi) is 10.3. The highest BCUT2D eigenvalue weighted by Crippen LogP contribution is 2.46. The number of amidine groups is 1. The fourth-order valence-electron chi connectivity index (χ4n) is 8.11. The molecule has 1 saturated carbocycles. The third-order valence-corrected chi connectivity index (χ3v) is 11.0. The number of allylic oxidation sites excluding steroid dienone is 11. The fraction of sp³-hybridized carbons (Fsp3) is 0.319. The van der Waals surface area contributed by atoms with Crippen molar-refractivity contribution in [3.05, 3.63) is 161 Å². The summed E-state index contributed by atoms with van der Waals surface area (Å²) in [4.78, 5) is 10.7. The molecule has 2 heteroatoms. The summed E-state index contributed by atoms with van der Waals surface area (Å²) in [7, 11) is 0. The molecule has 0 aliphatic heterocycles. The number of fused-ring (bicyclic) bond motifs is 1. The van der Waals surface area contributed by atoms with Crippen LogP contribution in [0.3, 0.4) is 0 Å². The van der Waals surface area contributed by atoms with E-state index in [0.717, 1.165) is 55.6 Å². The summed E-state index contributed by atoms with van der Waals surface area (Å²) in [6.07, 6.45) is 36.2. The number of nitrogens with zero attached hydrogens (tertiary/aromatic N) is 2. The summed E-state index contributed by atoms with van der Waals surface area (Å²) in [5, 5.41) is 2.46. The second kappa shape index (κ2) is 15.3. The van der Waals surface area contributed by atoms with Crippen molar-refractivity contribution in [3.8, 4) is 0 Å². The Labute approximate surface area is 293 Å². The third-order valence-electron chi connectivity index (χ3n) is 11.0. The van der Waals surface area contributed by atoms with Gasteiger partial charge in [-0.2, -0.15) is 0 Å². The van der Waals surface area contributed by atoms with Gasteiger partial charge in [0, 0.05) is 22.3 Å². The normalized spacial score (nSPS) is 20.5. The predicted octanol–water partition coefficient (Wildman–Crippen LogP) is 12.6. The van der Waals surface area contributed by atoms with Crippen LogP contribution < -0.4 is 0 Å². The van der Waals surface area contributed by atoms with Gasteiger partial charge in [-0.3, -0.25) is 4.99 Å². The maximum atomic E-state index is 5.39. The van der Waals surface area contributed by atoms with Crippen LogP contribution in [0.25, 0.3) is 16.3 Å². The second-order valence-electron chi connectivity index (χ2n) is 14.2. The van der Waals surface area contributed by atoms with E-state index in [1.54, 1.807) is 0 Å². The summed E-state index contributed by atoms with van der Waals surface area (Å²) in [5.74, 6) is 0.834. The van der Waals surface area contributed by atoms with E-state index in [-0.39, 0.29) is 11.5 Å². The van der Waals surface area contributed by atoms with E-state index in [2.05, 4.69) is 141 Å². The van der Waals surface area contributed by atoms with Crippen LogP contribution in [0.1, 0.15) is 101 Å². The highest BCUT2D eigenvalue weighted by Gasteiger charge is 2.36. The molecular weight excluding hydrogens is 593 g/mol. The lowest BCUT2D eigenvalue weighted by atomic mass is 9.64. The molecule has 0 N–H and O–H groups in total. The van der Waals surface area contributed by atoms with Gasteiger partial charge < -0.3 is 0 Å². The lowest BCUT2D eigenvalue weighted by Gasteiger charge is -2.39. The minimum Gasteiger partial charge on any atom is -0.259 e. The molecule has 0 aromatic heterocycles. The van der Waals surface area contributed by atoms with Gasteiger partial charge in [-0.25, -0.2) is 4.99 Å². The quantitative estimate of drug-likeness (QED) is 0.181. The molecule has 0 heterocycles. The number of hydrogen-bond donors (Lipinski definition) is 0. The maximum Gasteiger partial charge on any atom is 0.155 e. The molecule has 0 amide bonds.